The second kappa shape index (κ2) is 8.76. The van der Waals surface area contributed by atoms with E-state index in [4.69, 9.17) is 11.6 Å². The van der Waals surface area contributed by atoms with Crippen LogP contribution in [0.1, 0.15) is 24.5 Å². The van der Waals surface area contributed by atoms with E-state index in [0.717, 1.165) is 21.7 Å². The van der Waals surface area contributed by atoms with Crippen molar-refractivity contribution < 1.29 is 13.2 Å². The van der Waals surface area contributed by atoms with Crippen LogP contribution in [0.4, 0.5) is 5.69 Å². The van der Waals surface area contributed by atoms with Gasteiger partial charge in [0.05, 0.1) is 11.9 Å². The van der Waals surface area contributed by atoms with Gasteiger partial charge in [0.2, 0.25) is 15.9 Å². The van der Waals surface area contributed by atoms with Crippen LogP contribution in [0.2, 0.25) is 5.02 Å². The third kappa shape index (κ3) is 5.47. The largest absolute Gasteiger partial charge is 0.340 e. The minimum Gasteiger partial charge on any atom is -0.340 e. The zero-order valence-corrected chi connectivity index (χ0v) is 17.6. The third-order valence-electron chi connectivity index (χ3n) is 4.29. The van der Waals surface area contributed by atoms with Gasteiger partial charge in [-0.3, -0.25) is 9.10 Å². The Morgan fingerprint density at radius 1 is 1.15 bits per heavy atom. The summed E-state index contributed by atoms with van der Waals surface area (Å²) in [6, 6.07) is 13.6. The Bertz CT molecular complexity index is 898. The molecule has 0 spiro atoms. The molecule has 0 saturated heterocycles. The number of anilines is 1. The zero-order valence-electron chi connectivity index (χ0n) is 16.0. The van der Waals surface area contributed by atoms with Crippen molar-refractivity contribution in [2.24, 2.45) is 0 Å². The van der Waals surface area contributed by atoms with Crippen LogP contribution < -0.4 is 4.31 Å². The van der Waals surface area contributed by atoms with Crippen LogP contribution in [0, 0.1) is 6.92 Å². The van der Waals surface area contributed by atoms with Crippen molar-refractivity contribution >= 4 is 33.2 Å². The van der Waals surface area contributed by atoms with Crippen molar-refractivity contribution in [1.82, 2.24) is 4.90 Å². The van der Waals surface area contributed by atoms with E-state index in [0.29, 0.717) is 23.7 Å². The molecule has 2 rings (SSSR count). The summed E-state index contributed by atoms with van der Waals surface area (Å²) in [5, 5.41) is 0.413. The normalized spacial score (nSPS) is 12.5. The number of benzene rings is 2. The maximum absolute atomic E-state index is 13.1. The Balaban J connectivity index is 2.32. The first kappa shape index (κ1) is 21.3. The minimum atomic E-state index is -3.68. The van der Waals surface area contributed by atoms with Gasteiger partial charge in [-0.1, -0.05) is 54.4 Å². The number of aryl methyl sites for hydroxylation is 1. The molecule has 0 aliphatic carbocycles. The standard InChI is InChI=1S/C20H25ClN2O3S/c1-5-19(20(24)22(3)14-16-11-9-15(2)10-12-16)23(27(4,25)26)18-8-6-7-17(21)13-18/h6-13,19H,5,14H2,1-4H3/t19-/m1/s1. The van der Waals surface area contributed by atoms with Gasteiger partial charge in [0.1, 0.15) is 6.04 Å². The van der Waals surface area contributed by atoms with Crippen molar-refractivity contribution in [3.05, 3.63) is 64.7 Å². The summed E-state index contributed by atoms with van der Waals surface area (Å²) in [7, 11) is -1.99. The molecule has 5 nitrogen and oxygen atoms in total. The van der Waals surface area contributed by atoms with Gasteiger partial charge in [-0.2, -0.15) is 0 Å². The lowest BCUT2D eigenvalue weighted by atomic mass is 10.1. The SMILES string of the molecule is CC[C@H](C(=O)N(C)Cc1ccc(C)cc1)N(c1cccc(Cl)c1)S(C)(=O)=O. The summed E-state index contributed by atoms with van der Waals surface area (Å²) in [6.07, 6.45) is 1.44. The van der Waals surface area contributed by atoms with Crippen molar-refractivity contribution in [1.29, 1.82) is 0 Å². The van der Waals surface area contributed by atoms with Gasteiger partial charge in [0.25, 0.3) is 0 Å². The molecule has 0 N–H and O–H groups in total. The topological polar surface area (TPSA) is 57.7 Å². The summed E-state index contributed by atoms with van der Waals surface area (Å²) < 4.78 is 26.1. The van der Waals surface area contributed by atoms with Crippen LogP contribution >= 0.6 is 11.6 Å². The van der Waals surface area contributed by atoms with Crippen LogP contribution in [0.15, 0.2) is 48.5 Å². The number of hydrogen-bond donors (Lipinski definition) is 0. The molecule has 0 aromatic heterocycles. The Kier molecular flexibility index (Phi) is 6.89. The van der Waals surface area contributed by atoms with E-state index >= 15 is 0 Å². The molecule has 0 unspecified atom stereocenters. The van der Waals surface area contributed by atoms with Gasteiger partial charge < -0.3 is 4.90 Å². The highest BCUT2D eigenvalue weighted by atomic mass is 35.5. The lowest BCUT2D eigenvalue weighted by Gasteiger charge is -2.33. The quantitative estimate of drug-likeness (QED) is 0.699. The van der Waals surface area contributed by atoms with Gasteiger partial charge in [-0.25, -0.2) is 8.42 Å². The number of carbonyl (C=O) groups excluding carboxylic acids is 1. The molecular weight excluding hydrogens is 384 g/mol. The van der Waals surface area contributed by atoms with E-state index in [1.54, 1.807) is 43.1 Å². The first-order valence-electron chi connectivity index (χ1n) is 8.69. The van der Waals surface area contributed by atoms with E-state index in [1.807, 2.05) is 31.2 Å². The number of halogens is 1. The number of nitrogens with zero attached hydrogens (tertiary/aromatic N) is 2. The fraction of sp³-hybridized carbons (Fsp3) is 0.350. The average Bonchev–Trinajstić information content (AvgIpc) is 2.59. The second-order valence-electron chi connectivity index (χ2n) is 6.64. The summed E-state index contributed by atoms with van der Waals surface area (Å²) in [5.74, 6) is -0.261. The molecule has 0 aliphatic rings. The van der Waals surface area contributed by atoms with Gasteiger partial charge in [-0.15, -0.1) is 0 Å². The van der Waals surface area contributed by atoms with Crippen LogP contribution in [0.5, 0.6) is 0 Å². The summed E-state index contributed by atoms with van der Waals surface area (Å²) in [6.45, 7) is 4.20. The molecule has 2 aromatic carbocycles. The lowest BCUT2D eigenvalue weighted by molar-refractivity contribution is -0.131. The van der Waals surface area contributed by atoms with Gasteiger partial charge in [0.15, 0.2) is 0 Å². The van der Waals surface area contributed by atoms with Gasteiger partial charge >= 0.3 is 0 Å². The van der Waals surface area contributed by atoms with Gasteiger partial charge in [0, 0.05) is 18.6 Å². The monoisotopic (exact) mass is 408 g/mol. The Hall–Kier alpha value is -2.05. The molecule has 7 heteroatoms. The van der Waals surface area contributed by atoms with Crippen LogP contribution in [0.3, 0.4) is 0 Å². The molecule has 0 saturated carbocycles. The van der Waals surface area contributed by atoms with Crippen LogP contribution in [-0.4, -0.2) is 38.6 Å². The van der Waals surface area contributed by atoms with Crippen molar-refractivity contribution in [3.8, 4) is 0 Å². The maximum atomic E-state index is 13.1. The highest BCUT2D eigenvalue weighted by molar-refractivity contribution is 7.92. The average molecular weight is 409 g/mol. The number of likely N-dealkylation sites (N-methyl/N-ethyl adjacent to an activating group) is 1. The molecule has 0 aliphatic heterocycles. The van der Waals surface area contributed by atoms with E-state index in [9.17, 15) is 13.2 Å². The summed E-state index contributed by atoms with van der Waals surface area (Å²) in [4.78, 5) is 14.6. The molecule has 27 heavy (non-hydrogen) atoms. The number of rotatable bonds is 7. The molecule has 0 fully saturated rings. The molecule has 1 amide bonds. The minimum absolute atomic E-state index is 0.261. The van der Waals surface area contributed by atoms with Crippen LogP contribution in [-0.2, 0) is 21.4 Å². The third-order valence-corrected chi connectivity index (χ3v) is 5.71. The molecule has 2 aromatic rings. The van der Waals surface area contributed by atoms with Crippen LogP contribution in [0.25, 0.3) is 0 Å². The predicted octanol–water partition coefficient (Wildman–Crippen LogP) is 3.85. The Labute approximate surface area is 166 Å². The highest BCUT2D eigenvalue weighted by Crippen LogP contribution is 2.26. The maximum Gasteiger partial charge on any atom is 0.246 e. The molecular formula is C20H25ClN2O3S. The number of sulfonamides is 1. The summed E-state index contributed by atoms with van der Waals surface area (Å²) >= 11 is 6.03. The number of carbonyl (C=O) groups is 1. The second-order valence-corrected chi connectivity index (χ2v) is 8.94. The Morgan fingerprint density at radius 3 is 2.30 bits per heavy atom. The Morgan fingerprint density at radius 2 is 1.78 bits per heavy atom. The number of hydrogen-bond acceptors (Lipinski definition) is 3. The fourth-order valence-corrected chi connectivity index (χ4v) is 4.34. The first-order chi connectivity index (χ1) is 12.6. The van der Waals surface area contributed by atoms with Crippen molar-refractivity contribution in [3.63, 3.8) is 0 Å². The lowest BCUT2D eigenvalue weighted by Crippen LogP contribution is -2.49. The van der Waals surface area contributed by atoms with Crippen molar-refractivity contribution in [2.75, 3.05) is 17.6 Å². The van der Waals surface area contributed by atoms with E-state index in [2.05, 4.69) is 0 Å². The van der Waals surface area contributed by atoms with E-state index in [1.165, 1.54) is 0 Å². The number of amides is 1. The smallest absolute Gasteiger partial charge is 0.246 e. The van der Waals surface area contributed by atoms with E-state index < -0.39 is 16.1 Å². The summed E-state index contributed by atoms with van der Waals surface area (Å²) in [5.41, 5.74) is 2.51. The van der Waals surface area contributed by atoms with E-state index in [-0.39, 0.29) is 5.91 Å². The molecule has 0 heterocycles. The first-order valence-corrected chi connectivity index (χ1v) is 10.9. The fourth-order valence-electron chi connectivity index (χ4n) is 2.96. The molecule has 146 valence electrons. The predicted molar refractivity (Wildman–Crippen MR) is 111 cm³/mol. The van der Waals surface area contributed by atoms with Crippen molar-refractivity contribution in [2.45, 2.75) is 32.9 Å². The molecule has 0 radical (unpaired) electrons. The zero-order chi connectivity index (χ0) is 20.2. The molecule has 1 atom stereocenters. The van der Waals surface area contributed by atoms with Gasteiger partial charge in [-0.05, 0) is 37.1 Å². The highest BCUT2D eigenvalue weighted by Gasteiger charge is 2.33. The molecule has 0 bridgehead atoms.